The first-order valence-electron chi connectivity index (χ1n) is 11.3. The summed E-state index contributed by atoms with van der Waals surface area (Å²) in [5, 5.41) is 24.4. The summed E-state index contributed by atoms with van der Waals surface area (Å²) in [6.45, 7) is 6.34. The molecule has 0 amide bonds. The van der Waals surface area contributed by atoms with Gasteiger partial charge in [-0.25, -0.2) is 0 Å². The van der Waals surface area contributed by atoms with Crippen LogP contribution in [0.1, 0.15) is 42.3 Å². The Morgan fingerprint density at radius 2 is 1.78 bits per heavy atom. The van der Waals surface area contributed by atoms with Gasteiger partial charge in [-0.3, -0.25) is 14.4 Å². The number of carbonyl (C=O) groups excluding carboxylic acids is 3. The number of rotatable bonds is 7. The number of allylic oxidation sites excluding steroid dienone is 4. The molecular weight excluding hydrogens is 466 g/mol. The van der Waals surface area contributed by atoms with Crippen LogP contribution in [0, 0.1) is 6.92 Å². The third-order valence-corrected chi connectivity index (χ3v) is 6.58. The van der Waals surface area contributed by atoms with E-state index in [0.29, 0.717) is 23.7 Å². The molecule has 1 aliphatic carbocycles. The number of benzene rings is 2. The van der Waals surface area contributed by atoms with Crippen molar-refractivity contribution in [2.24, 2.45) is 0 Å². The summed E-state index contributed by atoms with van der Waals surface area (Å²) in [4.78, 5) is 39.0. The molecule has 0 radical (unpaired) electrons. The second-order valence-corrected chi connectivity index (χ2v) is 8.81. The number of hydrogen-bond donors (Lipinski definition) is 3. The Hall–Kier alpha value is -4.27. The van der Waals surface area contributed by atoms with E-state index in [2.05, 4.69) is 5.32 Å². The average Bonchev–Trinajstić information content (AvgIpc) is 3.13. The summed E-state index contributed by atoms with van der Waals surface area (Å²) in [6.07, 6.45) is 1.18. The Balaban J connectivity index is 1.65. The topological polar surface area (TPSA) is 131 Å². The molecule has 2 aromatic carbocycles. The first-order chi connectivity index (χ1) is 17.0. The summed E-state index contributed by atoms with van der Waals surface area (Å²) in [5.74, 6) is -1.43. The number of carbonyl (C=O) groups is 3. The van der Waals surface area contributed by atoms with Crippen LogP contribution >= 0.6 is 0 Å². The van der Waals surface area contributed by atoms with Gasteiger partial charge in [0.25, 0.3) is 0 Å². The molecule has 0 aromatic heterocycles. The molecule has 9 heteroatoms. The Morgan fingerprint density at radius 1 is 1.11 bits per heavy atom. The number of ketones is 3. The third kappa shape index (κ3) is 3.67. The Morgan fingerprint density at radius 3 is 2.42 bits per heavy atom. The molecule has 9 nitrogen and oxygen atoms in total. The summed E-state index contributed by atoms with van der Waals surface area (Å²) >= 11 is 0. The van der Waals surface area contributed by atoms with Crippen LogP contribution in [-0.2, 0) is 15.0 Å². The standard InChI is InChI=1S/C27H27NO8/c1-13-23(31)21(15(3)29)25-22(24(13)32)27(4)19(36-25)12-16(30)20(26(27)33)14(2)28-10-11-35-18-9-7-6-8-17(18)34-5/h6-9,12,28,31-32H,10-11H2,1-5H3/t27-/m0/s1. The molecule has 1 aliphatic heterocycles. The average molecular weight is 494 g/mol. The molecule has 0 saturated heterocycles. The minimum absolute atomic E-state index is 0.00800. The third-order valence-electron chi connectivity index (χ3n) is 6.58. The number of nitrogens with one attached hydrogen (secondary N) is 1. The maximum Gasteiger partial charge on any atom is 0.194 e. The second-order valence-electron chi connectivity index (χ2n) is 8.81. The van der Waals surface area contributed by atoms with Gasteiger partial charge in [0.2, 0.25) is 0 Å². The minimum atomic E-state index is -1.55. The molecule has 188 valence electrons. The Kier molecular flexibility index (Phi) is 6.26. The number of fused-ring (bicyclic) bond motifs is 3. The lowest BCUT2D eigenvalue weighted by Crippen LogP contribution is -2.41. The number of phenolic OH excluding ortho intramolecular Hbond substituents is 2. The summed E-state index contributed by atoms with van der Waals surface area (Å²) < 4.78 is 16.8. The predicted octanol–water partition coefficient (Wildman–Crippen LogP) is 3.25. The van der Waals surface area contributed by atoms with Gasteiger partial charge in [0.15, 0.2) is 28.8 Å². The van der Waals surface area contributed by atoms with Gasteiger partial charge in [-0.15, -0.1) is 0 Å². The van der Waals surface area contributed by atoms with E-state index in [4.69, 9.17) is 14.2 Å². The lowest BCUT2D eigenvalue weighted by atomic mass is 9.70. The number of para-hydroxylation sites is 2. The highest BCUT2D eigenvalue weighted by molar-refractivity contribution is 6.31. The highest BCUT2D eigenvalue weighted by atomic mass is 16.5. The van der Waals surface area contributed by atoms with E-state index >= 15 is 0 Å². The van der Waals surface area contributed by atoms with Crippen molar-refractivity contribution in [2.75, 3.05) is 20.3 Å². The van der Waals surface area contributed by atoms with E-state index in [9.17, 15) is 24.6 Å². The molecule has 1 heterocycles. The first-order valence-corrected chi connectivity index (χ1v) is 11.3. The van der Waals surface area contributed by atoms with Gasteiger partial charge in [0.1, 0.15) is 40.6 Å². The van der Waals surface area contributed by atoms with Crippen molar-refractivity contribution >= 4 is 17.3 Å². The zero-order valence-corrected chi connectivity index (χ0v) is 20.6. The normalized spacial score (nSPS) is 19.6. The number of ether oxygens (including phenoxy) is 3. The largest absolute Gasteiger partial charge is 0.507 e. The quantitative estimate of drug-likeness (QED) is 0.230. The van der Waals surface area contributed by atoms with Crippen molar-refractivity contribution in [3.05, 3.63) is 64.1 Å². The van der Waals surface area contributed by atoms with E-state index < -0.39 is 28.5 Å². The van der Waals surface area contributed by atoms with Crippen LogP contribution in [0.5, 0.6) is 28.7 Å². The van der Waals surface area contributed by atoms with Gasteiger partial charge in [-0.2, -0.15) is 0 Å². The lowest BCUT2D eigenvalue weighted by molar-refractivity contribution is -0.123. The monoisotopic (exact) mass is 493 g/mol. The van der Waals surface area contributed by atoms with E-state index in [1.165, 1.54) is 26.8 Å². The first kappa shape index (κ1) is 24.8. The van der Waals surface area contributed by atoms with Gasteiger partial charge in [0, 0.05) is 23.9 Å². The predicted molar refractivity (Wildman–Crippen MR) is 130 cm³/mol. The van der Waals surface area contributed by atoms with E-state index in [0.717, 1.165) is 0 Å². The number of hydrogen-bond acceptors (Lipinski definition) is 9. The van der Waals surface area contributed by atoms with Crippen molar-refractivity contribution in [3.63, 3.8) is 0 Å². The van der Waals surface area contributed by atoms with Crippen LogP contribution in [0.4, 0.5) is 0 Å². The number of methoxy groups -OCH3 is 1. The fourth-order valence-electron chi connectivity index (χ4n) is 4.59. The van der Waals surface area contributed by atoms with E-state index in [1.54, 1.807) is 26.2 Å². The van der Waals surface area contributed by atoms with Gasteiger partial charge in [-0.1, -0.05) is 12.1 Å². The van der Waals surface area contributed by atoms with Gasteiger partial charge < -0.3 is 29.7 Å². The number of aromatic hydroxyl groups is 2. The molecule has 2 aliphatic rings. The molecule has 36 heavy (non-hydrogen) atoms. The van der Waals surface area contributed by atoms with Crippen molar-refractivity contribution < 1.29 is 38.8 Å². The smallest absolute Gasteiger partial charge is 0.194 e. The Bertz CT molecular complexity index is 1370. The van der Waals surface area contributed by atoms with Gasteiger partial charge >= 0.3 is 0 Å². The molecule has 2 aromatic rings. The van der Waals surface area contributed by atoms with Crippen LogP contribution in [0.25, 0.3) is 0 Å². The molecule has 1 atom stereocenters. The lowest BCUT2D eigenvalue weighted by Gasteiger charge is -2.29. The molecular formula is C27H27NO8. The highest BCUT2D eigenvalue weighted by Gasteiger charge is 2.56. The number of Topliss-reactive ketones (excluding diaryl/α,β-unsaturated/α-hetero) is 2. The van der Waals surface area contributed by atoms with Crippen LogP contribution in [0.15, 0.2) is 47.4 Å². The molecule has 0 spiro atoms. The fraction of sp³-hybridized carbons (Fsp3) is 0.296. The SMILES string of the molecule is COc1ccccc1OCCNC(C)=C1C(=O)C=C2Oc3c(C(C)=O)c(O)c(C)c(O)c3[C@@]2(C)C1=O. The summed E-state index contributed by atoms with van der Waals surface area (Å²) in [6, 6.07) is 7.19. The number of phenols is 2. The maximum atomic E-state index is 13.8. The van der Waals surface area contributed by atoms with Crippen LogP contribution in [0.2, 0.25) is 0 Å². The molecule has 0 unspecified atom stereocenters. The molecule has 0 fully saturated rings. The van der Waals surface area contributed by atoms with Crippen LogP contribution in [0.3, 0.4) is 0 Å². The maximum absolute atomic E-state index is 13.8. The Labute approximate surface area is 208 Å². The molecule has 4 rings (SSSR count). The molecule has 3 N–H and O–H groups in total. The van der Waals surface area contributed by atoms with Crippen molar-refractivity contribution in [3.8, 4) is 28.7 Å². The van der Waals surface area contributed by atoms with Crippen molar-refractivity contribution in [2.45, 2.75) is 33.1 Å². The fourth-order valence-corrected chi connectivity index (χ4v) is 4.59. The van der Waals surface area contributed by atoms with E-state index in [-0.39, 0.29) is 46.1 Å². The van der Waals surface area contributed by atoms with Crippen molar-refractivity contribution in [1.29, 1.82) is 0 Å². The summed E-state index contributed by atoms with van der Waals surface area (Å²) in [5.41, 5.74) is -1.36. The van der Waals surface area contributed by atoms with Crippen LogP contribution < -0.4 is 19.5 Å². The summed E-state index contributed by atoms with van der Waals surface area (Å²) in [7, 11) is 1.54. The van der Waals surface area contributed by atoms with Crippen molar-refractivity contribution in [1.82, 2.24) is 5.32 Å². The zero-order chi connectivity index (χ0) is 26.4. The minimum Gasteiger partial charge on any atom is -0.507 e. The van der Waals surface area contributed by atoms with E-state index in [1.807, 2.05) is 12.1 Å². The van der Waals surface area contributed by atoms with Crippen LogP contribution in [-0.4, -0.2) is 47.8 Å². The van der Waals surface area contributed by atoms with Gasteiger partial charge in [-0.05, 0) is 39.8 Å². The second kappa shape index (κ2) is 9.07. The molecule has 0 bridgehead atoms. The van der Waals surface area contributed by atoms with Gasteiger partial charge in [0.05, 0.1) is 18.2 Å². The highest BCUT2D eigenvalue weighted by Crippen LogP contribution is 2.57. The zero-order valence-electron chi connectivity index (χ0n) is 20.6. The molecule has 0 saturated carbocycles.